The maximum absolute atomic E-state index is 12.2. The molecule has 1 spiro atoms. The Morgan fingerprint density at radius 2 is 2.05 bits per heavy atom. The lowest BCUT2D eigenvalue weighted by Crippen LogP contribution is -2.46. The van der Waals surface area contributed by atoms with Crippen molar-refractivity contribution >= 4 is 11.8 Å². The van der Waals surface area contributed by atoms with Crippen molar-refractivity contribution in [3.05, 3.63) is 23.7 Å². The van der Waals surface area contributed by atoms with Crippen molar-refractivity contribution in [2.75, 3.05) is 19.6 Å². The van der Waals surface area contributed by atoms with Crippen molar-refractivity contribution in [2.45, 2.75) is 26.2 Å². The fraction of sp³-hybridized carbons (Fsp3) is 0.571. The number of amides is 2. The second kappa shape index (κ2) is 4.40. The van der Waals surface area contributed by atoms with E-state index in [1.807, 2.05) is 6.92 Å². The minimum absolute atomic E-state index is 0.0682. The van der Waals surface area contributed by atoms with E-state index in [1.165, 1.54) is 0 Å². The normalized spacial score (nSPS) is 21.7. The van der Waals surface area contributed by atoms with E-state index in [2.05, 4.69) is 5.32 Å². The van der Waals surface area contributed by atoms with Crippen LogP contribution in [0.15, 0.2) is 16.5 Å². The van der Waals surface area contributed by atoms with Crippen LogP contribution < -0.4 is 5.32 Å². The van der Waals surface area contributed by atoms with E-state index in [4.69, 9.17) is 4.42 Å². The summed E-state index contributed by atoms with van der Waals surface area (Å²) in [5.41, 5.74) is -0.226. The highest BCUT2D eigenvalue weighted by Crippen LogP contribution is 2.38. The summed E-state index contributed by atoms with van der Waals surface area (Å²) in [6.07, 6.45) is 2.41. The topological polar surface area (TPSA) is 62.6 Å². The molecule has 0 atom stereocenters. The predicted octanol–water partition coefficient (Wildman–Crippen LogP) is 1.33. The van der Waals surface area contributed by atoms with Crippen molar-refractivity contribution in [3.8, 4) is 0 Å². The highest BCUT2D eigenvalue weighted by molar-refractivity contribution is 5.92. The third-order valence-electron chi connectivity index (χ3n) is 4.33. The van der Waals surface area contributed by atoms with Crippen LogP contribution in [0.25, 0.3) is 0 Å². The fourth-order valence-corrected chi connectivity index (χ4v) is 3.04. The van der Waals surface area contributed by atoms with Gasteiger partial charge in [-0.15, -0.1) is 0 Å². The Morgan fingerprint density at radius 1 is 1.32 bits per heavy atom. The lowest BCUT2D eigenvalue weighted by atomic mass is 9.77. The second-order valence-corrected chi connectivity index (χ2v) is 5.49. The molecule has 2 fully saturated rings. The summed E-state index contributed by atoms with van der Waals surface area (Å²) in [7, 11) is 0. The average Bonchev–Trinajstić information content (AvgIpc) is 2.98. The minimum atomic E-state index is -0.226. The van der Waals surface area contributed by atoms with E-state index in [-0.39, 0.29) is 17.2 Å². The molecule has 5 heteroatoms. The van der Waals surface area contributed by atoms with Crippen molar-refractivity contribution in [3.63, 3.8) is 0 Å². The standard InChI is InChI=1S/C14H18N2O3/c1-10-2-3-11(19-10)12(17)16-8-5-14(6-9-16)4-7-15-13(14)18/h2-3H,4-9H2,1H3,(H,15,18). The quantitative estimate of drug-likeness (QED) is 0.830. The number of furan rings is 1. The highest BCUT2D eigenvalue weighted by Gasteiger charge is 2.45. The van der Waals surface area contributed by atoms with Crippen LogP contribution in [0.3, 0.4) is 0 Å². The Hall–Kier alpha value is -1.78. The van der Waals surface area contributed by atoms with E-state index in [9.17, 15) is 9.59 Å². The van der Waals surface area contributed by atoms with Gasteiger partial charge in [0.2, 0.25) is 5.91 Å². The molecule has 2 aliphatic rings. The van der Waals surface area contributed by atoms with Gasteiger partial charge in [0.15, 0.2) is 5.76 Å². The SMILES string of the molecule is Cc1ccc(C(=O)N2CCC3(CCNC3=O)CC2)o1. The van der Waals surface area contributed by atoms with Gasteiger partial charge in [-0.25, -0.2) is 0 Å². The van der Waals surface area contributed by atoms with Crippen LogP contribution >= 0.6 is 0 Å². The molecule has 1 aromatic heterocycles. The lowest BCUT2D eigenvalue weighted by Gasteiger charge is -2.36. The molecule has 0 radical (unpaired) electrons. The molecule has 0 bridgehead atoms. The largest absolute Gasteiger partial charge is 0.456 e. The van der Waals surface area contributed by atoms with Gasteiger partial charge < -0.3 is 14.6 Å². The first-order valence-corrected chi connectivity index (χ1v) is 6.75. The molecular formula is C14H18N2O3. The molecule has 1 N–H and O–H groups in total. The molecule has 0 aromatic carbocycles. The molecule has 2 saturated heterocycles. The zero-order chi connectivity index (χ0) is 13.5. The Labute approximate surface area is 111 Å². The Bertz CT molecular complexity index is 513. The van der Waals surface area contributed by atoms with E-state index < -0.39 is 0 Å². The summed E-state index contributed by atoms with van der Waals surface area (Å²) in [6, 6.07) is 3.51. The van der Waals surface area contributed by atoms with Crippen molar-refractivity contribution in [2.24, 2.45) is 5.41 Å². The molecule has 3 rings (SSSR count). The number of hydrogen-bond acceptors (Lipinski definition) is 3. The van der Waals surface area contributed by atoms with Crippen LogP contribution in [0, 0.1) is 12.3 Å². The molecule has 102 valence electrons. The number of likely N-dealkylation sites (tertiary alicyclic amines) is 1. The van der Waals surface area contributed by atoms with Crippen LogP contribution in [-0.4, -0.2) is 36.3 Å². The maximum atomic E-state index is 12.2. The number of rotatable bonds is 1. The summed E-state index contributed by atoms with van der Waals surface area (Å²) in [6.45, 7) is 3.85. The van der Waals surface area contributed by atoms with Gasteiger partial charge in [0, 0.05) is 19.6 Å². The van der Waals surface area contributed by atoms with Gasteiger partial charge in [0.1, 0.15) is 5.76 Å². The van der Waals surface area contributed by atoms with E-state index in [1.54, 1.807) is 17.0 Å². The first-order chi connectivity index (χ1) is 9.11. The zero-order valence-electron chi connectivity index (χ0n) is 11.1. The summed E-state index contributed by atoms with van der Waals surface area (Å²) in [4.78, 5) is 25.9. The number of carbonyl (C=O) groups excluding carboxylic acids is 2. The fourth-order valence-electron chi connectivity index (χ4n) is 3.04. The summed E-state index contributed by atoms with van der Waals surface area (Å²) in [5, 5.41) is 2.90. The minimum Gasteiger partial charge on any atom is -0.456 e. The van der Waals surface area contributed by atoms with Crippen LogP contribution in [0.4, 0.5) is 0 Å². The van der Waals surface area contributed by atoms with Crippen molar-refractivity contribution in [1.29, 1.82) is 0 Å². The average molecular weight is 262 g/mol. The van der Waals surface area contributed by atoms with Gasteiger partial charge in [0.05, 0.1) is 5.41 Å². The summed E-state index contributed by atoms with van der Waals surface area (Å²) in [5.74, 6) is 1.23. The number of nitrogens with zero attached hydrogens (tertiary/aromatic N) is 1. The molecule has 0 saturated carbocycles. The monoisotopic (exact) mass is 262 g/mol. The zero-order valence-corrected chi connectivity index (χ0v) is 11.1. The molecule has 19 heavy (non-hydrogen) atoms. The smallest absolute Gasteiger partial charge is 0.289 e. The van der Waals surface area contributed by atoms with Crippen LogP contribution in [0.2, 0.25) is 0 Å². The van der Waals surface area contributed by atoms with E-state index in [0.29, 0.717) is 18.8 Å². The third-order valence-corrected chi connectivity index (χ3v) is 4.33. The Morgan fingerprint density at radius 3 is 2.58 bits per heavy atom. The first kappa shape index (κ1) is 12.3. The maximum Gasteiger partial charge on any atom is 0.289 e. The molecule has 2 amide bonds. The van der Waals surface area contributed by atoms with Crippen LogP contribution in [0.5, 0.6) is 0 Å². The molecule has 2 aliphatic heterocycles. The van der Waals surface area contributed by atoms with Crippen LogP contribution in [-0.2, 0) is 4.79 Å². The molecule has 3 heterocycles. The van der Waals surface area contributed by atoms with Crippen molar-refractivity contribution in [1.82, 2.24) is 10.2 Å². The number of nitrogens with one attached hydrogen (secondary N) is 1. The third kappa shape index (κ3) is 2.03. The van der Waals surface area contributed by atoms with Gasteiger partial charge in [-0.2, -0.15) is 0 Å². The molecular weight excluding hydrogens is 244 g/mol. The van der Waals surface area contributed by atoms with Gasteiger partial charge in [-0.05, 0) is 38.3 Å². The van der Waals surface area contributed by atoms with E-state index >= 15 is 0 Å². The number of hydrogen-bond donors (Lipinski definition) is 1. The molecule has 0 aliphatic carbocycles. The summed E-state index contributed by atoms with van der Waals surface area (Å²) >= 11 is 0. The highest BCUT2D eigenvalue weighted by atomic mass is 16.3. The lowest BCUT2D eigenvalue weighted by molar-refractivity contribution is -0.129. The van der Waals surface area contributed by atoms with Gasteiger partial charge in [-0.1, -0.05) is 0 Å². The first-order valence-electron chi connectivity index (χ1n) is 6.75. The number of piperidine rings is 1. The van der Waals surface area contributed by atoms with Gasteiger partial charge in [0.25, 0.3) is 5.91 Å². The van der Waals surface area contributed by atoms with Gasteiger partial charge in [-0.3, -0.25) is 9.59 Å². The Balaban J connectivity index is 1.67. The van der Waals surface area contributed by atoms with Crippen LogP contribution in [0.1, 0.15) is 35.6 Å². The van der Waals surface area contributed by atoms with E-state index in [0.717, 1.165) is 31.6 Å². The second-order valence-electron chi connectivity index (χ2n) is 5.49. The molecule has 5 nitrogen and oxygen atoms in total. The van der Waals surface area contributed by atoms with Crippen molar-refractivity contribution < 1.29 is 14.0 Å². The summed E-state index contributed by atoms with van der Waals surface area (Å²) < 4.78 is 5.37. The number of carbonyl (C=O) groups is 2. The molecule has 1 aromatic rings. The Kier molecular flexibility index (Phi) is 2.84. The number of aryl methyl sites for hydroxylation is 1. The van der Waals surface area contributed by atoms with Gasteiger partial charge >= 0.3 is 0 Å². The molecule has 0 unspecified atom stereocenters. The predicted molar refractivity (Wildman–Crippen MR) is 68.6 cm³/mol.